The number of aliphatic hydroxyl groups is 1. The highest BCUT2D eigenvalue weighted by atomic mass is 19.4. The average Bonchev–Trinajstić information content (AvgIpc) is 3.92. The number of fused-ring (bicyclic) bond motifs is 4. The lowest BCUT2D eigenvalue weighted by molar-refractivity contribution is -0.260. The number of amides is 2. The number of halogens is 7. The van der Waals surface area contributed by atoms with Crippen molar-refractivity contribution < 1.29 is 55.0 Å². The number of carbonyl (C=O) groups excluding carboxylic acids is 2. The Bertz CT molecular complexity index is 1950. The Kier molecular flexibility index (Phi) is 8.66. The molecule has 4 aliphatic carbocycles. The first-order chi connectivity index (χ1) is 25.3. The zero-order valence-corrected chi connectivity index (χ0v) is 29.5. The predicted molar refractivity (Wildman–Crippen MR) is 181 cm³/mol. The molecule has 2 aromatic rings. The standard InChI is InChI=1S/C39H40F7N3O5/c1-36(2)15-20-12-19(31-26-16-37(52,39(44,45)46)17-29(26)54-49-31)13-25(33(20)53-36)34(50)48-32-23-9-8-22(24(23)11-18-5-3-4-6-18)30(32)35(51)47-21-7-10-28(40)27(14-21)38(41,42)43/h7,10-14,18,22-23,26,29-30,32,52H,3-6,8-9,15-17H2,1-2H3,(H,47,51)(H,48,50)/b24-11-/t22-,23+,26?,29?,30-,32+,37?/m0/s1. The molecule has 2 aromatic carbocycles. The number of benzene rings is 2. The largest absolute Gasteiger partial charge is 0.486 e. The molecule has 0 spiro atoms. The van der Waals surface area contributed by atoms with Gasteiger partial charge in [-0.25, -0.2) is 4.39 Å². The number of ether oxygens (including phenoxy) is 1. The van der Waals surface area contributed by atoms with Gasteiger partial charge in [-0.3, -0.25) is 9.59 Å². The predicted octanol–water partition coefficient (Wildman–Crippen LogP) is 7.87. The van der Waals surface area contributed by atoms with Crippen LogP contribution >= 0.6 is 0 Å². The van der Waals surface area contributed by atoms with Crippen LogP contribution in [0.4, 0.5) is 36.4 Å². The minimum absolute atomic E-state index is 0.0833. The molecule has 290 valence electrons. The van der Waals surface area contributed by atoms with Gasteiger partial charge in [-0.05, 0) is 93.7 Å². The summed E-state index contributed by atoms with van der Waals surface area (Å²) in [5, 5.41) is 20.2. The quantitative estimate of drug-likeness (QED) is 0.205. The Morgan fingerprint density at radius 2 is 1.69 bits per heavy atom. The third kappa shape index (κ3) is 6.33. The number of nitrogens with zero attached hydrogens (tertiary/aromatic N) is 1. The van der Waals surface area contributed by atoms with Crippen LogP contribution in [0, 0.1) is 35.4 Å². The third-order valence-corrected chi connectivity index (χ3v) is 12.3. The van der Waals surface area contributed by atoms with E-state index < -0.39 is 83.6 Å². The second-order valence-corrected chi connectivity index (χ2v) is 16.4. The third-order valence-electron chi connectivity index (χ3n) is 12.3. The summed E-state index contributed by atoms with van der Waals surface area (Å²) in [6.07, 6.45) is -4.16. The van der Waals surface area contributed by atoms with Gasteiger partial charge in [-0.15, -0.1) is 0 Å². The molecular weight excluding hydrogens is 723 g/mol. The molecule has 3 N–H and O–H groups in total. The van der Waals surface area contributed by atoms with Gasteiger partial charge in [0, 0.05) is 42.0 Å². The van der Waals surface area contributed by atoms with Crippen molar-refractivity contribution >= 4 is 23.2 Å². The topological polar surface area (TPSA) is 109 Å². The van der Waals surface area contributed by atoms with Crippen LogP contribution in [0.2, 0.25) is 0 Å². The fraction of sp³-hybridized carbons (Fsp3) is 0.564. The summed E-state index contributed by atoms with van der Waals surface area (Å²) in [6.45, 7) is 3.66. The molecule has 0 aromatic heterocycles. The summed E-state index contributed by atoms with van der Waals surface area (Å²) >= 11 is 0. The van der Waals surface area contributed by atoms with E-state index in [2.05, 4.69) is 21.9 Å². The summed E-state index contributed by atoms with van der Waals surface area (Å²) < 4.78 is 102. The van der Waals surface area contributed by atoms with E-state index in [0.717, 1.165) is 37.3 Å². The second-order valence-electron chi connectivity index (χ2n) is 16.4. The molecule has 2 amide bonds. The van der Waals surface area contributed by atoms with Crippen LogP contribution in [0.3, 0.4) is 0 Å². The van der Waals surface area contributed by atoms with Crippen LogP contribution in [-0.4, -0.2) is 52.2 Å². The molecule has 2 aliphatic heterocycles. The number of hydrogen-bond acceptors (Lipinski definition) is 6. The van der Waals surface area contributed by atoms with Gasteiger partial charge in [0.05, 0.1) is 22.8 Å². The lowest BCUT2D eigenvalue weighted by Crippen LogP contribution is -2.48. The van der Waals surface area contributed by atoms with Gasteiger partial charge in [0.25, 0.3) is 5.91 Å². The SMILES string of the molecule is CC1(C)Cc2cc(C3=NOC4CC(O)(C(F)(F)F)CC34)cc(C(=O)N[C@H]3[C@@H](C(=O)Nc4ccc(F)c(C(F)(F)F)c4)[C@H]4CC[C@@H]3/C4=C\C3CCCC3)c2O1. The molecule has 8 rings (SSSR count). The van der Waals surface area contributed by atoms with E-state index in [0.29, 0.717) is 48.4 Å². The van der Waals surface area contributed by atoms with Gasteiger partial charge in [0.1, 0.15) is 23.3 Å². The summed E-state index contributed by atoms with van der Waals surface area (Å²) in [5.74, 6) is -4.34. The van der Waals surface area contributed by atoms with Gasteiger partial charge in [-0.2, -0.15) is 26.3 Å². The van der Waals surface area contributed by atoms with Crippen molar-refractivity contribution in [2.45, 2.75) is 107 Å². The van der Waals surface area contributed by atoms with Crippen LogP contribution in [0.25, 0.3) is 0 Å². The minimum atomic E-state index is -4.98. The Hall–Kier alpha value is -4.14. The van der Waals surface area contributed by atoms with E-state index in [9.17, 15) is 45.4 Å². The van der Waals surface area contributed by atoms with Gasteiger partial charge < -0.3 is 25.3 Å². The number of rotatable bonds is 6. The molecule has 0 radical (unpaired) electrons. The van der Waals surface area contributed by atoms with E-state index in [1.165, 1.54) is 6.07 Å². The monoisotopic (exact) mass is 763 g/mol. The van der Waals surface area contributed by atoms with E-state index in [1.54, 1.807) is 6.07 Å². The number of carbonyl (C=O) groups is 2. The number of nitrogens with one attached hydrogen (secondary N) is 2. The number of allylic oxidation sites excluding steroid dienone is 1. The van der Waals surface area contributed by atoms with Crippen molar-refractivity contribution in [3.05, 3.63) is 70.1 Å². The van der Waals surface area contributed by atoms with Crippen LogP contribution < -0.4 is 15.4 Å². The van der Waals surface area contributed by atoms with Gasteiger partial charge in [0.2, 0.25) is 5.91 Å². The van der Waals surface area contributed by atoms with Crippen LogP contribution in [0.5, 0.6) is 5.75 Å². The number of hydrogen-bond donors (Lipinski definition) is 3. The maximum Gasteiger partial charge on any atom is 0.419 e. The normalized spacial score (nSPS) is 32.0. The van der Waals surface area contributed by atoms with Crippen molar-refractivity contribution in [2.75, 3.05) is 5.32 Å². The fourth-order valence-electron chi connectivity index (χ4n) is 9.85. The maximum absolute atomic E-state index is 14.5. The van der Waals surface area contributed by atoms with Crippen molar-refractivity contribution in [3.63, 3.8) is 0 Å². The first kappa shape index (κ1) is 36.8. The highest BCUT2D eigenvalue weighted by Gasteiger charge is 2.63. The summed E-state index contributed by atoms with van der Waals surface area (Å²) in [7, 11) is 0. The minimum Gasteiger partial charge on any atom is -0.486 e. The molecule has 7 atom stereocenters. The molecule has 54 heavy (non-hydrogen) atoms. The molecule has 2 bridgehead atoms. The molecule has 8 nitrogen and oxygen atoms in total. The number of oxime groups is 1. The van der Waals surface area contributed by atoms with Gasteiger partial charge in [-0.1, -0.05) is 29.6 Å². The van der Waals surface area contributed by atoms with E-state index >= 15 is 0 Å². The first-order valence-corrected chi connectivity index (χ1v) is 18.4. The fourth-order valence-corrected chi connectivity index (χ4v) is 9.85. The van der Waals surface area contributed by atoms with Gasteiger partial charge >= 0.3 is 12.4 Å². The molecule has 6 aliphatic rings. The van der Waals surface area contributed by atoms with Crippen molar-refractivity contribution in [3.8, 4) is 5.75 Å². The highest BCUT2D eigenvalue weighted by molar-refractivity contribution is 6.07. The van der Waals surface area contributed by atoms with Crippen LogP contribution in [0.15, 0.2) is 47.1 Å². The molecule has 4 saturated carbocycles. The van der Waals surface area contributed by atoms with Crippen molar-refractivity contribution in [1.29, 1.82) is 0 Å². The van der Waals surface area contributed by atoms with Crippen molar-refractivity contribution in [2.24, 2.45) is 34.7 Å². The number of alkyl halides is 6. The van der Waals surface area contributed by atoms with E-state index in [-0.39, 0.29) is 34.5 Å². The molecule has 2 heterocycles. The summed E-state index contributed by atoms with van der Waals surface area (Å²) in [5.41, 5.74) is -3.15. The Morgan fingerprint density at radius 1 is 0.963 bits per heavy atom. The Morgan fingerprint density at radius 3 is 2.39 bits per heavy atom. The average molecular weight is 764 g/mol. The smallest absolute Gasteiger partial charge is 0.419 e. The van der Waals surface area contributed by atoms with Crippen LogP contribution in [-0.2, 0) is 22.2 Å². The molecular formula is C39H40F7N3O5. The van der Waals surface area contributed by atoms with Crippen LogP contribution in [0.1, 0.15) is 92.3 Å². The first-order valence-electron chi connectivity index (χ1n) is 18.4. The maximum atomic E-state index is 14.5. The molecule has 3 unspecified atom stereocenters. The highest BCUT2D eigenvalue weighted by Crippen LogP contribution is 2.55. The van der Waals surface area contributed by atoms with Gasteiger partial charge in [0.15, 0.2) is 5.60 Å². The zero-order valence-electron chi connectivity index (χ0n) is 29.5. The Balaban J connectivity index is 1.12. The van der Waals surface area contributed by atoms with E-state index in [4.69, 9.17) is 9.57 Å². The molecule has 0 saturated heterocycles. The lowest BCUT2D eigenvalue weighted by atomic mass is 9.83. The number of anilines is 1. The van der Waals surface area contributed by atoms with Crippen molar-refractivity contribution in [1.82, 2.24) is 5.32 Å². The second kappa shape index (κ2) is 12.7. The Labute approximate surface area is 306 Å². The summed E-state index contributed by atoms with van der Waals surface area (Å²) in [6, 6.07) is 4.71. The zero-order chi connectivity index (χ0) is 38.5. The molecule has 15 heteroatoms. The summed E-state index contributed by atoms with van der Waals surface area (Å²) in [4.78, 5) is 33.9. The van der Waals surface area contributed by atoms with E-state index in [1.807, 2.05) is 13.8 Å². The molecule has 4 fully saturated rings. The lowest BCUT2D eigenvalue weighted by Gasteiger charge is -2.30.